The van der Waals surface area contributed by atoms with Gasteiger partial charge in [-0.1, -0.05) is 18.2 Å². The number of carbonyl (C=O) groups is 2. The molecule has 1 aliphatic rings. The molecule has 0 bridgehead atoms. The van der Waals surface area contributed by atoms with Crippen molar-refractivity contribution in [3.63, 3.8) is 0 Å². The van der Waals surface area contributed by atoms with Gasteiger partial charge < -0.3 is 20.7 Å². The Labute approximate surface area is 161 Å². The summed E-state index contributed by atoms with van der Waals surface area (Å²) in [5.41, 5.74) is 2.86. The van der Waals surface area contributed by atoms with Crippen molar-refractivity contribution in [2.24, 2.45) is 0 Å². The van der Waals surface area contributed by atoms with Gasteiger partial charge in [0.25, 0.3) is 5.91 Å². The molecule has 0 radical (unpaired) electrons. The third-order valence-electron chi connectivity index (χ3n) is 4.39. The fraction of sp³-hybridized carbons (Fsp3) is 0.150. The van der Waals surface area contributed by atoms with Crippen LogP contribution in [-0.4, -0.2) is 28.3 Å². The number of hydrogen-bond donors (Lipinski definition) is 3. The molecule has 1 unspecified atom stereocenters. The van der Waals surface area contributed by atoms with Crippen LogP contribution in [0.2, 0.25) is 0 Å². The van der Waals surface area contributed by atoms with Gasteiger partial charge in [-0.3, -0.25) is 4.79 Å². The first-order chi connectivity index (χ1) is 13.6. The minimum atomic E-state index is -0.342. The smallest absolute Gasteiger partial charge is 0.319 e. The summed E-state index contributed by atoms with van der Waals surface area (Å²) < 4.78 is 7.04. The van der Waals surface area contributed by atoms with Gasteiger partial charge in [0.15, 0.2) is 6.61 Å². The first-order valence-corrected chi connectivity index (χ1v) is 8.83. The number of anilines is 2. The number of para-hydroxylation sites is 2. The summed E-state index contributed by atoms with van der Waals surface area (Å²) in [6.07, 6.45) is 3.49. The topological polar surface area (TPSA) is 97.3 Å². The summed E-state index contributed by atoms with van der Waals surface area (Å²) in [5, 5.41) is 12.7. The summed E-state index contributed by atoms with van der Waals surface area (Å²) >= 11 is 0. The average Bonchev–Trinajstić information content (AvgIpc) is 3.22. The number of amides is 3. The van der Waals surface area contributed by atoms with Crippen molar-refractivity contribution in [1.29, 1.82) is 0 Å². The SMILES string of the molecule is CC(NC(=O)Nc1ccccc1-n1cccn1)c1ccc2c(c1)NC(=O)CO2. The lowest BCUT2D eigenvalue weighted by molar-refractivity contribution is -0.118. The molecule has 2 aromatic carbocycles. The Morgan fingerprint density at radius 2 is 2.11 bits per heavy atom. The second-order valence-electron chi connectivity index (χ2n) is 6.38. The molecule has 1 aromatic heterocycles. The highest BCUT2D eigenvalue weighted by atomic mass is 16.5. The van der Waals surface area contributed by atoms with Crippen LogP contribution in [0.1, 0.15) is 18.5 Å². The number of nitrogens with one attached hydrogen (secondary N) is 3. The summed E-state index contributed by atoms with van der Waals surface area (Å²) in [4.78, 5) is 24.0. The van der Waals surface area contributed by atoms with Crippen LogP contribution in [0.25, 0.3) is 5.69 Å². The van der Waals surface area contributed by atoms with Crippen LogP contribution in [0.15, 0.2) is 60.9 Å². The highest BCUT2D eigenvalue weighted by Crippen LogP contribution is 2.30. The number of rotatable bonds is 4. The van der Waals surface area contributed by atoms with E-state index in [-0.39, 0.29) is 24.6 Å². The van der Waals surface area contributed by atoms with Gasteiger partial charge in [-0.05, 0) is 42.8 Å². The molecular formula is C20H19N5O3. The molecule has 0 saturated heterocycles. The molecule has 142 valence electrons. The second-order valence-corrected chi connectivity index (χ2v) is 6.38. The minimum absolute atomic E-state index is 0.0121. The standard InChI is InChI=1S/C20H19N5O3/c1-13(14-7-8-18-16(11-14)23-19(26)12-28-18)22-20(27)24-15-5-2-3-6-17(15)25-10-4-9-21-25/h2-11,13H,12H2,1H3,(H,23,26)(H2,22,24,27). The predicted molar refractivity (Wildman–Crippen MR) is 105 cm³/mol. The fourth-order valence-corrected chi connectivity index (χ4v) is 3.00. The molecule has 0 saturated carbocycles. The Morgan fingerprint density at radius 3 is 2.93 bits per heavy atom. The summed E-state index contributed by atoms with van der Waals surface area (Å²) in [6.45, 7) is 1.88. The van der Waals surface area contributed by atoms with Gasteiger partial charge in [-0.2, -0.15) is 5.10 Å². The second kappa shape index (κ2) is 7.43. The molecule has 0 fully saturated rings. The monoisotopic (exact) mass is 377 g/mol. The molecule has 1 atom stereocenters. The van der Waals surface area contributed by atoms with Gasteiger partial charge >= 0.3 is 6.03 Å². The third kappa shape index (κ3) is 3.66. The number of hydrogen-bond acceptors (Lipinski definition) is 4. The Morgan fingerprint density at radius 1 is 1.25 bits per heavy atom. The molecule has 2 heterocycles. The first kappa shape index (κ1) is 17.6. The van der Waals surface area contributed by atoms with Crippen LogP contribution < -0.4 is 20.7 Å². The van der Waals surface area contributed by atoms with Crippen LogP contribution in [0.5, 0.6) is 5.75 Å². The van der Waals surface area contributed by atoms with Gasteiger partial charge in [0.05, 0.1) is 23.1 Å². The summed E-state index contributed by atoms with van der Waals surface area (Å²) in [6, 6.07) is 14.1. The number of aromatic nitrogens is 2. The van der Waals surface area contributed by atoms with E-state index in [2.05, 4.69) is 21.0 Å². The van der Waals surface area contributed by atoms with Crippen molar-refractivity contribution in [1.82, 2.24) is 15.1 Å². The lowest BCUT2D eigenvalue weighted by atomic mass is 10.1. The number of benzene rings is 2. The Balaban J connectivity index is 1.46. The number of ether oxygens (including phenoxy) is 1. The molecule has 3 amide bonds. The van der Waals surface area contributed by atoms with Crippen LogP contribution >= 0.6 is 0 Å². The van der Waals surface area contributed by atoms with E-state index in [1.54, 1.807) is 23.0 Å². The maximum atomic E-state index is 12.5. The van der Waals surface area contributed by atoms with Crippen LogP contribution in [0.3, 0.4) is 0 Å². The van der Waals surface area contributed by atoms with E-state index in [9.17, 15) is 9.59 Å². The lowest BCUT2D eigenvalue weighted by Gasteiger charge is -2.21. The number of carbonyl (C=O) groups excluding carboxylic acids is 2. The zero-order valence-corrected chi connectivity index (χ0v) is 15.2. The lowest BCUT2D eigenvalue weighted by Crippen LogP contribution is -2.32. The van der Waals surface area contributed by atoms with Crippen molar-refractivity contribution < 1.29 is 14.3 Å². The number of fused-ring (bicyclic) bond motifs is 1. The molecule has 0 spiro atoms. The number of urea groups is 1. The zero-order chi connectivity index (χ0) is 19.5. The quantitative estimate of drug-likeness (QED) is 0.651. The maximum absolute atomic E-state index is 12.5. The highest BCUT2D eigenvalue weighted by Gasteiger charge is 2.18. The van der Waals surface area contributed by atoms with E-state index in [1.807, 2.05) is 49.5 Å². The summed E-state index contributed by atoms with van der Waals surface area (Å²) in [5.74, 6) is 0.423. The molecule has 0 aliphatic carbocycles. The predicted octanol–water partition coefficient (Wildman–Crippen LogP) is 3.09. The van der Waals surface area contributed by atoms with Gasteiger partial charge in [-0.15, -0.1) is 0 Å². The molecule has 28 heavy (non-hydrogen) atoms. The highest BCUT2D eigenvalue weighted by molar-refractivity contribution is 5.95. The van der Waals surface area contributed by atoms with Gasteiger partial charge in [0, 0.05) is 12.4 Å². The number of nitrogens with zero attached hydrogens (tertiary/aromatic N) is 2. The normalized spacial score (nSPS) is 13.7. The molecule has 4 rings (SSSR count). The fourth-order valence-electron chi connectivity index (χ4n) is 3.00. The largest absolute Gasteiger partial charge is 0.482 e. The van der Waals surface area contributed by atoms with Crippen molar-refractivity contribution >= 4 is 23.3 Å². The Hall–Kier alpha value is -3.81. The van der Waals surface area contributed by atoms with Crippen molar-refractivity contribution in [3.05, 3.63) is 66.5 Å². The van der Waals surface area contributed by atoms with E-state index in [4.69, 9.17) is 4.74 Å². The Bertz CT molecular complexity index is 1020. The molecule has 1 aliphatic heterocycles. The van der Waals surface area contributed by atoms with E-state index < -0.39 is 0 Å². The van der Waals surface area contributed by atoms with Crippen molar-refractivity contribution in [3.8, 4) is 11.4 Å². The van der Waals surface area contributed by atoms with E-state index in [1.165, 1.54) is 0 Å². The van der Waals surface area contributed by atoms with Crippen LogP contribution in [-0.2, 0) is 4.79 Å². The molecule has 3 aromatic rings. The average molecular weight is 377 g/mol. The van der Waals surface area contributed by atoms with E-state index >= 15 is 0 Å². The van der Waals surface area contributed by atoms with E-state index in [0.717, 1.165) is 11.3 Å². The third-order valence-corrected chi connectivity index (χ3v) is 4.39. The molecular weight excluding hydrogens is 358 g/mol. The molecule has 8 nitrogen and oxygen atoms in total. The first-order valence-electron chi connectivity index (χ1n) is 8.83. The van der Waals surface area contributed by atoms with Gasteiger partial charge in [-0.25, -0.2) is 9.48 Å². The Kier molecular flexibility index (Phi) is 4.67. The van der Waals surface area contributed by atoms with Crippen LogP contribution in [0, 0.1) is 0 Å². The maximum Gasteiger partial charge on any atom is 0.319 e. The van der Waals surface area contributed by atoms with Gasteiger partial charge in [0.1, 0.15) is 5.75 Å². The molecule has 3 N–H and O–H groups in total. The zero-order valence-electron chi connectivity index (χ0n) is 15.2. The molecule has 8 heteroatoms. The van der Waals surface area contributed by atoms with Crippen molar-refractivity contribution in [2.75, 3.05) is 17.2 Å². The van der Waals surface area contributed by atoms with Crippen molar-refractivity contribution in [2.45, 2.75) is 13.0 Å². The van der Waals surface area contributed by atoms with E-state index in [0.29, 0.717) is 17.1 Å². The minimum Gasteiger partial charge on any atom is -0.482 e. The summed E-state index contributed by atoms with van der Waals surface area (Å²) in [7, 11) is 0. The van der Waals surface area contributed by atoms with Gasteiger partial charge in [0.2, 0.25) is 0 Å². The van der Waals surface area contributed by atoms with Crippen LogP contribution in [0.4, 0.5) is 16.2 Å².